The first-order valence-corrected chi connectivity index (χ1v) is 11.4. The molecule has 1 atom stereocenters. The summed E-state index contributed by atoms with van der Waals surface area (Å²) in [7, 11) is 1.55. The zero-order valence-electron chi connectivity index (χ0n) is 19.3. The summed E-state index contributed by atoms with van der Waals surface area (Å²) >= 11 is 0. The van der Waals surface area contributed by atoms with Gasteiger partial charge in [-0.1, -0.05) is 25.0 Å². The number of anilines is 1. The number of furan rings is 1. The van der Waals surface area contributed by atoms with E-state index < -0.39 is 11.9 Å². The molecule has 2 aromatic carbocycles. The fourth-order valence-electron chi connectivity index (χ4n) is 4.34. The van der Waals surface area contributed by atoms with Crippen LogP contribution < -0.4 is 15.0 Å². The molecule has 0 radical (unpaired) electrons. The summed E-state index contributed by atoms with van der Waals surface area (Å²) in [5.41, 5.74) is 1.59. The van der Waals surface area contributed by atoms with Crippen LogP contribution in [0, 0.1) is 0 Å². The monoisotopic (exact) mass is 460 g/mol. The molecule has 1 heterocycles. The summed E-state index contributed by atoms with van der Waals surface area (Å²) < 4.78 is 10.8. The highest BCUT2D eigenvalue weighted by atomic mass is 16.5. The van der Waals surface area contributed by atoms with Crippen molar-refractivity contribution in [3.63, 3.8) is 0 Å². The molecule has 34 heavy (non-hydrogen) atoms. The molecule has 7 nitrogen and oxygen atoms in total. The predicted molar refractivity (Wildman–Crippen MR) is 128 cm³/mol. The number of amides is 2. The van der Waals surface area contributed by atoms with E-state index >= 15 is 0 Å². The predicted octanol–water partition coefficient (Wildman–Crippen LogP) is 4.94. The Morgan fingerprint density at radius 1 is 1.03 bits per heavy atom. The number of nitrogens with zero attached hydrogens (tertiary/aromatic N) is 1. The van der Waals surface area contributed by atoms with Crippen molar-refractivity contribution >= 4 is 23.3 Å². The minimum absolute atomic E-state index is 0.0706. The molecule has 1 N–H and O–H groups in total. The second-order valence-electron chi connectivity index (χ2n) is 8.42. The minimum Gasteiger partial charge on any atom is -0.497 e. The van der Waals surface area contributed by atoms with Crippen molar-refractivity contribution in [2.45, 2.75) is 44.7 Å². The summed E-state index contributed by atoms with van der Waals surface area (Å²) in [5.74, 6) is -0.143. The molecule has 4 rings (SSSR count). The molecule has 0 unspecified atom stereocenters. The maximum atomic E-state index is 13.7. The van der Waals surface area contributed by atoms with Crippen molar-refractivity contribution in [2.75, 3.05) is 12.0 Å². The van der Waals surface area contributed by atoms with Crippen LogP contribution in [0.5, 0.6) is 5.75 Å². The molecule has 1 fully saturated rings. The summed E-state index contributed by atoms with van der Waals surface area (Å²) in [6, 6.07) is 16.1. The van der Waals surface area contributed by atoms with Crippen LogP contribution in [0.25, 0.3) is 0 Å². The average molecular weight is 461 g/mol. The van der Waals surface area contributed by atoms with Gasteiger partial charge in [-0.2, -0.15) is 0 Å². The standard InChI is InChI=1S/C27H28N2O5/c1-18(30)19-12-14-22(15-13-19)29(27(32)24-11-6-16-34-24)25(20-7-5-10-23(17-20)33-2)26(31)28-21-8-3-4-9-21/h5-7,10-17,21,25H,3-4,8-9H2,1-2H3,(H,28,31)/t25-/m1/s1. The van der Waals surface area contributed by atoms with Gasteiger partial charge in [-0.15, -0.1) is 0 Å². The molecule has 3 aromatic rings. The van der Waals surface area contributed by atoms with Crippen LogP contribution in [0.15, 0.2) is 71.3 Å². The van der Waals surface area contributed by atoms with E-state index in [2.05, 4.69) is 5.32 Å². The van der Waals surface area contributed by atoms with E-state index in [0.717, 1.165) is 25.7 Å². The first-order valence-electron chi connectivity index (χ1n) is 11.4. The number of methoxy groups -OCH3 is 1. The molecule has 1 aliphatic rings. The number of Topliss-reactive ketones (excluding diaryl/α,β-unsaturated/α-hetero) is 1. The lowest BCUT2D eigenvalue weighted by Crippen LogP contribution is -2.46. The third-order valence-electron chi connectivity index (χ3n) is 6.12. The fourth-order valence-corrected chi connectivity index (χ4v) is 4.34. The van der Waals surface area contributed by atoms with E-state index in [-0.39, 0.29) is 23.5 Å². The Morgan fingerprint density at radius 3 is 2.38 bits per heavy atom. The van der Waals surface area contributed by atoms with Gasteiger partial charge in [-0.3, -0.25) is 19.3 Å². The topological polar surface area (TPSA) is 88.8 Å². The Labute approximate surface area is 198 Å². The van der Waals surface area contributed by atoms with Gasteiger partial charge in [0.15, 0.2) is 11.5 Å². The lowest BCUT2D eigenvalue weighted by Gasteiger charge is -2.32. The molecular formula is C27H28N2O5. The van der Waals surface area contributed by atoms with E-state index in [1.807, 2.05) is 0 Å². The zero-order chi connectivity index (χ0) is 24.1. The van der Waals surface area contributed by atoms with E-state index in [9.17, 15) is 14.4 Å². The molecule has 0 saturated heterocycles. The SMILES string of the molecule is COc1cccc([C@H](C(=O)NC2CCCC2)N(C(=O)c2ccco2)c2ccc(C(C)=O)cc2)c1. The van der Waals surface area contributed by atoms with E-state index in [4.69, 9.17) is 9.15 Å². The summed E-state index contributed by atoms with van der Waals surface area (Å²) in [6.07, 6.45) is 5.38. The van der Waals surface area contributed by atoms with Crippen LogP contribution in [-0.2, 0) is 4.79 Å². The molecule has 1 saturated carbocycles. The van der Waals surface area contributed by atoms with Gasteiger partial charge in [0.25, 0.3) is 5.91 Å². The van der Waals surface area contributed by atoms with Crippen molar-refractivity contribution in [3.8, 4) is 5.75 Å². The third kappa shape index (κ3) is 5.03. The Morgan fingerprint density at radius 2 is 1.76 bits per heavy atom. The third-order valence-corrected chi connectivity index (χ3v) is 6.12. The van der Waals surface area contributed by atoms with Crippen molar-refractivity contribution in [1.29, 1.82) is 0 Å². The second kappa shape index (κ2) is 10.4. The molecule has 0 spiro atoms. The highest BCUT2D eigenvalue weighted by Gasteiger charge is 2.36. The number of ether oxygens (including phenoxy) is 1. The van der Waals surface area contributed by atoms with Gasteiger partial charge in [0.2, 0.25) is 5.91 Å². The molecule has 0 bridgehead atoms. The molecule has 1 aromatic heterocycles. The summed E-state index contributed by atoms with van der Waals surface area (Å²) in [4.78, 5) is 40.6. The van der Waals surface area contributed by atoms with Gasteiger partial charge in [0.1, 0.15) is 11.8 Å². The van der Waals surface area contributed by atoms with Crippen LogP contribution >= 0.6 is 0 Å². The summed E-state index contributed by atoms with van der Waals surface area (Å²) in [5, 5.41) is 3.14. The number of carbonyl (C=O) groups is 3. The van der Waals surface area contributed by atoms with Gasteiger partial charge >= 0.3 is 0 Å². The van der Waals surface area contributed by atoms with Gasteiger partial charge in [-0.05, 0) is 73.9 Å². The first-order chi connectivity index (χ1) is 16.5. The zero-order valence-corrected chi connectivity index (χ0v) is 19.3. The molecule has 176 valence electrons. The number of nitrogens with one attached hydrogen (secondary N) is 1. The van der Waals surface area contributed by atoms with Crippen molar-refractivity contribution in [2.24, 2.45) is 0 Å². The van der Waals surface area contributed by atoms with Crippen molar-refractivity contribution in [3.05, 3.63) is 83.8 Å². The number of hydrogen-bond donors (Lipinski definition) is 1. The number of carbonyl (C=O) groups excluding carboxylic acids is 3. The van der Waals surface area contributed by atoms with Crippen LogP contribution in [0.4, 0.5) is 5.69 Å². The van der Waals surface area contributed by atoms with Crippen LogP contribution in [0.2, 0.25) is 0 Å². The fraction of sp³-hybridized carbons (Fsp3) is 0.296. The number of hydrogen-bond acceptors (Lipinski definition) is 5. The van der Waals surface area contributed by atoms with E-state index in [1.165, 1.54) is 18.1 Å². The highest BCUT2D eigenvalue weighted by Crippen LogP contribution is 2.32. The van der Waals surface area contributed by atoms with E-state index in [1.54, 1.807) is 67.8 Å². The maximum absolute atomic E-state index is 13.7. The number of rotatable bonds is 8. The molecule has 7 heteroatoms. The quantitative estimate of drug-likeness (QED) is 0.481. The normalized spacial score (nSPS) is 14.4. The van der Waals surface area contributed by atoms with Gasteiger partial charge in [-0.25, -0.2) is 0 Å². The Hall–Kier alpha value is -3.87. The van der Waals surface area contributed by atoms with Gasteiger partial charge in [0.05, 0.1) is 13.4 Å². The maximum Gasteiger partial charge on any atom is 0.294 e. The molecular weight excluding hydrogens is 432 g/mol. The molecule has 2 amide bonds. The van der Waals surface area contributed by atoms with Crippen LogP contribution in [-0.4, -0.2) is 30.7 Å². The largest absolute Gasteiger partial charge is 0.497 e. The van der Waals surface area contributed by atoms with E-state index in [0.29, 0.717) is 22.6 Å². The smallest absolute Gasteiger partial charge is 0.294 e. The van der Waals surface area contributed by atoms with Crippen LogP contribution in [0.3, 0.4) is 0 Å². The van der Waals surface area contributed by atoms with Crippen LogP contribution in [0.1, 0.15) is 65.1 Å². The lowest BCUT2D eigenvalue weighted by molar-refractivity contribution is -0.123. The first kappa shape index (κ1) is 23.3. The number of ketones is 1. The highest BCUT2D eigenvalue weighted by molar-refractivity contribution is 6.09. The van der Waals surface area contributed by atoms with Crippen molar-refractivity contribution in [1.82, 2.24) is 5.32 Å². The molecule has 1 aliphatic carbocycles. The Balaban J connectivity index is 1.82. The number of benzene rings is 2. The van der Waals surface area contributed by atoms with Gasteiger partial charge in [0, 0.05) is 17.3 Å². The lowest BCUT2D eigenvalue weighted by atomic mass is 10.0. The minimum atomic E-state index is -0.975. The molecule has 0 aliphatic heterocycles. The summed E-state index contributed by atoms with van der Waals surface area (Å²) in [6.45, 7) is 1.48. The Bertz CT molecular complexity index is 1150. The van der Waals surface area contributed by atoms with Gasteiger partial charge < -0.3 is 14.5 Å². The van der Waals surface area contributed by atoms with Crippen molar-refractivity contribution < 1.29 is 23.5 Å². The average Bonchev–Trinajstić information content (AvgIpc) is 3.57. The Kier molecular flexibility index (Phi) is 7.11. The second-order valence-corrected chi connectivity index (χ2v) is 8.42.